The molecule has 0 aromatic heterocycles. The number of thioether (sulfide) groups is 1. The van der Waals surface area contributed by atoms with E-state index < -0.39 is 0 Å². The number of hydrogen-bond acceptors (Lipinski definition) is 3. The molecular weight excluding hydrogens is 204 g/mol. The van der Waals surface area contributed by atoms with E-state index in [1.807, 2.05) is 30.0 Å². The minimum atomic E-state index is 0.896. The molecule has 0 saturated carbocycles. The van der Waals surface area contributed by atoms with Crippen LogP contribution in [0.1, 0.15) is 12.5 Å². The number of anilines is 1. The number of hydrogen-bond donors (Lipinski definition) is 1. The highest BCUT2D eigenvalue weighted by Crippen LogP contribution is 2.12. The zero-order chi connectivity index (χ0) is 11.1. The van der Waals surface area contributed by atoms with E-state index >= 15 is 0 Å². The molecule has 0 aliphatic heterocycles. The molecule has 2 N–H and O–H groups in total. The molecule has 0 saturated heterocycles. The lowest BCUT2D eigenvalue weighted by Gasteiger charge is -2.17. The number of rotatable bonds is 6. The van der Waals surface area contributed by atoms with E-state index in [0.29, 0.717) is 0 Å². The van der Waals surface area contributed by atoms with Crippen LogP contribution in [0.25, 0.3) is 0 Å². The highest BCUT2D eigenvalue weighted by Gasteiger charge is 2.02. The third-order valence-corrected chi connectivity index (χ3v) is 3.20. The summed E-state index contributed by atoms with van der Waals surface area (Å²) in [5, 5.41) is 0. The van der Waals surface area contributed by atoms with Gasteiger partial charge in [-0.3, -0.25) is 0 Å². The van der Waals surface area contributed by atoms with E-state index in [1.165, 1.54) is 17.1 Å². The second kappa shape index (κ2) is 6.75. The van der Waals surface area contributed by atoms with Crippen molar-refractivity contribution in [2.24, 2.45) is 0 Å². The number of nitrogens with zero attached hydrogens (tertiary/aromatic N) is 1. The van der Waals surface area contributed by atoms with Crippen LogP contribution in [-0.2, 0) is 6.54 Å². The quantitative estimate of drug-likeness (QED) is 0.594. The second-order valence-electron chi connectivity index (χ2n) is 3.63. The van der Waals surface area contributed by atoms with Crippen molar-refractivity contribution < 1.29 is 0 Å². The molecule has 0 atom stereocenters. The monoisotopic (exact) mass is 224 g/mol. The average Bonchev–Trinajstić information content (AvgIpc) is 2.22. The standard InChI is InChI=1S/C12H20N2S/c1-3-15-9-8-14(2)10-11-6-4-5-7-12(11)13/h4-7H,3,8-10,13H2,1-2H3. The van der Waals surface area contributed by atoms with E-state index in [0.717, 1.165) is 18.8 Å². The SMILES string of the molecule is CCSCCN(C)Cc1ccccc1N. The van der Waals surface area contributed by atoms with Crippen molar-refractivity contribution in [2.75, 3.05) is 30.8 Å². The Morgan fingerprint density at radius 1 is 1.33 bits per heavy atom. The van der Waals surface area contributed by atoms with Gasteiger partial charge in [0.25, 0.3) is 0 Å². The Morgan fingerprint density at radius 3 is 2.73 bits per heavy atom. The molecule has 0 amide bonds. The highest BCUT2D eigenvalue weighted by molar-refractivity contribution is 7.99. The van der Waals surface area contributed by atoms with E-state index in [1.54, 1.807) is 0 Å². The summed E-state index contributed by atoms with van der Waals surface area (Å²) >= 11 is 1.98. The largest absolute Gasteiger partial charge is 0.398 e. The van der Waals surface area contributed by atoms with Crippen LogP contribution in [0, 0.1) is 0 Å². The lowest BCUT2D eigenvalue weighted by atomic mass is 10.2. The fraction of sp³-hybridized carbons (Fsp3) is 0.500. The molecule has 0 unspecified atom stereocenters. The van der Waals surface area contributed by atoms with Crippen molar-refractivity contribution in [3.63, 3.8) is 0 Å². The van der Waals surface area contributed by atoms with Gasteiger partial charge in [0, 0.05) is 24.5 Å². The number of nitrogens with two attached hydrogens (primary N) is 1. The molecule has 1 aromatic rings. The van der Waals surface area contributed by atoms with E-state index in [9.17, 15) is 0 Å². The summed E-state index contributed by atoms with van der Waals surface area (Å²) in [6.45, 7) is 4.25. The molecule has 2 nitrogen and oxygen atoms in total. The van der Waals surface area contributed by atoms with E-state index in [-0.39, 0.29) is 0 Å². The topological polar surface area (TPSA) is 29.3 Å². The van der Waals surface area contributed by atoms with Crippen LogP contribution in [0.5, 0.6) is 0 Å². The number of benzene rings is 1. The molecule has 0 radical (unpaired) electrons. The van der Waals surface area contributed by atoms with Crippen LogP contribution in [0.2, 0.25) is 0 Å². The van der Waals surface area contributed by atoms with Crippen LogP contribution in [0.15, 0.2) is 24.3 Å². The Morgan fingerprint density at radius 2 is 2.07 bits per heavy atom. The fourth-order valence-corrected chi connectivity index (χ4v) is 2.14. The zero-order valence-corrected chi connectivity index (χ0v) is 10.4. The van der Waals surface area contributed by atoms with Gasteiger partial charge in [0.1, 0.15) is 0 Å². The molecule has 84 valence electrons. The first-order valence-electron chi connectivity index (χ1n) is 5.33. The Labute approximate surface area is 96.8 Å². The maximum Gasteiger partial charge on any atom is 0.0359 e. The summed E-state index contributed by atoms with van der Waals surface area (Å²) in [5.74, 6) is 2.39. The fourth-order valence-electron chi connectivity index (χ4n) is 1.41. The predicted molar refractivity (Wildman–Crippen MR) is 70.2 cm³/mol. The molecule has 0 bridgehead atoms. The summed E-state index contributed by atoms with van der Waals surface area (Å²) in [5.41, 5.74) is 8.01. The first-order valence-corrected chi connectivity index (χ1v) is 6.49. The summed E-state index contributed by atoms with van der Waals surface area (Å²) in [4.78, 5) is 2.31. The minimum Gasteiger partial charge on any atom is -0.398 e. The minimum absolute atomic E-state index is 0.896. The maximum absolute atomic E-state index is 5.89. The van der Waals surface area contributed by atoms with Crippen molar-refractivity contribution in [1.29, 1.82) is 0 Å². The third-order valence-electron chi connectivity index (χ3n) is 2.32. The van der Waals surface area contributed by atoms with E-state index in [4.69, 9.17) is 5.73 Å². The molecule has 0 spiro atoms. The van der Waals surface area contributed by atoms with Crippen molar-refractivity contribution in [3.8, 4) is 0 Å². The van der Waals surface area contributed by atoms with Gasteiger partial charge in [0.2, 0.25) is 0 Å². The first kappa shape index (κ1) is 12.4. The lowest BCUT2D eigenvalue weighted by Crippen LogP contribution is -2.21. The van der Waals surface area contributed by atoms with Crippen LogP contribution >= 0.6 is 11.8 Å². The van der Waals surface area contributed by atoms with Crippen LogP contribution in [0.4, 0.5) is 5.69 Å². The molecule has 0 aliphatic rings. The van der Waals surface area contributed by atoms with Gasteiger partial charge in [0.15, 0.2) is 0 Å². The maximum atomic E-state index is 5.89. The van der Waals surface area contributed by atoms with Gasteiger partial charge >= 0.3 is 0 Å². The lowest BCUT2D eigenvalue weighted by molar-refractivity contribution is 0.349. The molecule has 0 fully saturated rings. The first-order chi connectivity index (χ1) is 7.24. The van der Waals surface area contributed by atoms with E-state index in [2.05, 4.69) is 24.9 Å². The summed E-state index contributed by atoms with van der Waals surface area (Å²) in [7, 11) is 2.14. The van der Waals surface area contributed by atoms with Gasteiger partial charge in [-0.05, 0) is 24.4 Å². The van der Waals surface area contributed by atoms with Crippen molar-refractivity contribution in [1.82, 2.24) is 4.90 Å². The number of nitrogen functional groups attached to an aromatic ring is 1. The zero-order valence-electron chi connectivity index (χ0n) is 9.57. The highest BCUT2D eigenvalue weighted by atomic mass is 32.2. The Hall–Kier alpha value is -0.670. The molecule has 3 heteroatoms. The van der Waals surface area contributed by atoms with Crippen molar-refractivity contribution in [2.45, 2.75) is 13.5 Å². The molecule has 15 heavy (non-hydrogen) atoms. The van der Waals surface area contributed by atoms with Crippen molar-refractivity contribution >= 4 is 17.4 Å². The van der Waals surface area contributed by atoms with Gasteiger partial charge < -0.3 is 10.6 Å². The van der Waals surface area contributed by atoms with Gasteiger partial charge in [-0.2, -0.15) is 11.8 Å². The third kappa shape index (κ3) is 4.58. The summed E-state index contributed by atoms with van der Waals surface area (Å²) < 4.78 is 0. The molecule has 1 rings (SSSR count). The van der Waals surface area contributed by atoms with Gasteiger partial charge in [-0.25, -0.2) is 0 Å². The van der Waals surface area contributed by atoms with Gasteiger partial charge in [-0.1, -0.05) is 25.1 Å². The Balaban J connectivity index is 2.37. The van der Waals surface area contributed by atoms with Gasteiger partial charge in [0.05, 0.1) is 0 Å². The Kier molecular flexibility index (Phi) is 5.58. The predicted octanol–water partition coefficient (Wildman–Crippen LogP) is 2.45. The normalized spacial score (nSPS) is 10.9. The smallest absolute Gasteiger partial charge is 0.0359 e. The van der Waals surface area contributed by atoms with Crippen molar-refractivity contribution in [3.05, 3.63) is 29.8 Å². The summed E-state index contributed by atoms with van der Waals surface area (Å²) in [6.07, 6.45) is 0. The molecule has 1 aromatic carbocycles. The van der Waals surface area contributed by atoms with Crippen LogP contribution < -0.4 is 5.73 Å². The second-order valence-corrected chi connectivity index (χ2v) is 5.03. The van der Waals surface area contributed by atoms with Crippen LogP contribution in [-0.4, -0.2) is 30.0 Å². The Bertz CT molecular complexity index is 289. The number of para-hydroxylation sites is 1. The average molecular weight is 224 g/mol. The van der Waals surface area contributed by atoms with Crippen LogP contribution in [0.3, 0.4) is 0 Å². The molecule has 0 heterocycles. The molecular formula is C12H20N2S. The molecule has 0 aliphatic carbocycles. The van der Waals surface area contributed by atoms with Gasteiger partial charge in [-0.15, -0.1) is 0 Å². The summed E-state index contributed by atoms with van der Waals surface area (Å²) in [6, 6.07) is 8.08.